The first-order chi connectivity index (χ1) is 16.2. The first-order valence-electron chi connectivity index (χ1n) is 10.9. The molecule has 4 aromatic rings. The third-order valence-electron chi connectivity index (χ3n) is 5.96. The quantitative estimate of drug-likeness (QED) is 0.332. The molecule has 7 nitrogen and oxygen atoms in total. The number of fused-ring (bicyclic) bond motifs is 1. The molecule has 0 spiro atoms. The summed E-state index contributed by atoms with van der Waals surface area (Å²) in [5.74, 6) is 0.549. The second kappa shape index (κ2) is 9.08. The van der Waals surface area contributed by atoms with E-state index in [0.29, 0.717) is 18.9 Å². The van der Waals surface area contributed by atoms with Gasteiger partial charge < -0.3 is 10.2 Å². The molecule has 2 heterocycles. The summed E-state index contributed by atoms with van der Waals surface area (Å²) in [5.41, 5.74) is 4.32. The van der Waals surface area contributed by atoms with Crippen LogP contribution in [0.15, 0.2) is 91.3 Å². The highest BCUT2D eigenvalue weighted by Crippen LogP contribution is 2.37. The van der Waals surface area contributed by atoms with Gasteiger partial charge in [-0.2, -0.15) is 0 Å². The highest BCUT2D eigenvalue weighted by Gasteiger charge is 2.30. The summed E-state index contributed by atoms with van der Waals surface area (Å²) < 4.78 is 0. The smallest absolute Gasteiger partial charge is 0.353 e. The Bertz CT molecular complexity index is 1220. The summed E-state index contributed by atoms with van der Waals surface area (Å²) in [5, 5.41) is 15.6. The lowest BCUT2D eigenvalue weighted by Gasteiger charge is -2.29. The van der Waals surface area contributed by atoms with Crippen molar-refractivity contribution in [1.29, 1.82) is 0 Å². The molecular formula is C26H23N5O2. The number of nitrogens with zero attached hydrogens (tertiary/aromatic N) is 4. The number of nitro groups is 1. The van der Waals surface area contributed by atoms with E-state index >= 15 is 0 Å². The van der Waals surface area contributed by atoms with E-state index in [1.807, 2.05) is 77.7 Å². The molecule has 0 aliphatic carbocycles. The number of rotatable bonds is 6. The minimum Gasteiger partial charge on any atom is -0.353 e. The summed E-state index contributed by atoms with van der Waals surface area (Å²) in [7, 11) is 0. The molecule has 0 radical (unpaired) electrons. The van der Waals surface area contributed by atoms with Crippen molar-refractivity contribution in [2.75, 3.05) is 16.8 Å². The highest BCUT2D eigenvalue weighted by molar-refractivity contribution is 5.71. The molecule has 1 aliphatic heterocycles. The number of benzene rings is 3. The number of hydrogen-bond acceptors (Lipinski definition) is 6. The Morgan fingerprint density at radius 3 is 2.09 bits per heavy atom. The highest BCUT2D eigenvalue weighted by atomic mass is 16.6. The van der Waals surface area contributed by atoms with Crippen LogP contribution in [0, 0.1) is 10.1 Å². The van der Waals surface area contributed by atoms with Gasteiger partial charge in [-0.05, 0) is 28.7 Å². The van der Waals surface area contributed by atoms with Gasteiger partial charge in [-0.25, -0.2) is 9.97 Å². The Balaban J connectivity index is 1.54. The molecule has 1 aromatic heterocycles. The predicted molar refractivity (Wildman–Crippen MR) is 128 cm³/mol. The molecule has 7 heteroatoms. The topological polar surface area (TPSA) is 84.2 Å². The zero-order valence-corrected chi connectivity index (χ0v) is 18.0. The maximum Gasteiger partial charge on any atom is 0.353 e. The molecule has 1 N–H and O–H groups in total. The molecule has 3 aromatic carbocycles. The number of aromatic nitrogens is 2. The molecular weight excluding hydrogens is 414 g/mol. The molecule has 0 fully saturated rings. The van der Waals surface area contributed by atoms with Gasteiger partial charge in [0.05, 0.1) is 11.0 Å². The van der Waals surface area contributed by atoms with Gasteiger partial charge in [0.2, 0.25) is 11.6 Å². The van der Waals surface area contributed by atoms with Crippen molar-refractivity contribution < 1.29 is 4.92 Å². The Hall–Kier alpha value is -4.26. The fourth-order valence-electron chi connectivity index (χ4n) is 4.34. The normalized spacial score (nSPS) is 12.9. The van der Waals surface area contributed by atoms with Crippen molar-refractivity contribution in [2.45, 2.75) is 19.0 Å². The average Bonchev–Trinajstić information content (AvgIpc) is 2.87. The summed E-state index contributed by atoms with van der Waals surface area (Å²) >= 11 is 0. The predicted octanol–water partition coefficient (Wildman–Crippen LogP) is 5.15. The van der Waals surface area contributed by atoms with E-state index in [2.05, 4.69) is 27.4 Å². The lowest BCUT2D eigenvalue weighted by molar-refractivity contribution is -0.383. The van der Waals surface area contributed by atoms with E-state index in [-0.39, 0.29) is 22.5 Å². The van der Waals surface area contributed by atoms with Crippen molar-refractivity contribution in [3.63, 3.8) is 0 Å². The van der Waals surface area contributed by atoms with Crippen molar-refractivity contribution in [3.05, 3.63) is 124 Å². The van der Waals surface area contributed by atoms with Crippen LogP contribution in [0.1, 0.15) is 28.3 Å². The van der Waals surface area contributed by atoms with Crippen LogP contribution in [0.25, 0.3) is 0 Å². The van der Waals surface area contributed by atoms with E-state index in [9.17, 15) is 10.1 Å². The first-order valence-corrected chi connectivity index (χ1v) is 10.9. The minimum atomic E-state index is -0.384. The summed E-state index contributed by atoms with van der Waals surface area (Å²) in [6, 6.07) is 27.6. The van der Waals surface area contributed by atoms with E-state index in [1.54, 1.807) is 0 Å². The van der Waals surface area contributed by atoms with Gasteiger partial charge in [-0.1, -0.05) is 84.9 Å². The number of anilines is 2. The van der Waals surface area contributed by atoms with E-state index in [4.69, 9.17) is 0 Å². The molecule has 5 rings (SSSR count). The molecule has 33 heavy (non-hydrogen) atoms. The van der Waals surface area contributed by atoms with Crippen LogP contribution in [-0.4, -0.2) is 21.4 Å². The maximum atomic E-state index is 12.2. The van der Waals surface area contributed by atoms with E-state index in [1.165, 1.54) is 11.9 Å². The monoisotopic (exact) mass is 437 g/mol. The van der Waals surface area contributed by atoms with Crippen LogP contribution < -0.4 is 10.2 Å². The zero-order chi connectivity index (χ0) is 22.6. The Morgan fingerprint density at radius 1 is 0.848 bits per heavy atom. The number of nitrogens with one attached hydrogen (secondary N) is 1. The van der Waals surface area contributed by atoms with Gasteiger partial charge >= 0.3 is 5.69 Å². The Kier molecular flexibility index (Phi) is 5.68. The van der Waals surface area contributed by atoms with Crippen LogP contribution in [-0.2, 0) is 13.0 Å². The van der Waals surface area contributed by atoms with Crippen LogP contribution in [0.3, 0.4) is 0 Å². The lowest BCUT2D eigenvalue weighted by atomic mass is 9.98. The van der Waals surface area contributed by atoms with Crippen molar-refractivity contribution in [3.8, 4) is 0 Å². The molecule has 0 bridgehead atoms. The standard InChI is InChI=1S/C26H23N5O2/c32-31(33)24-25(29-23(20-10-3-1-4-11-20)21-12-5-2-6-13-21)27-18-28-26(24)30-16-15-19-9-7-8-14-22(19)17-30/h1-14,18,23H,15-17H2,(H,27,28,29). The molecule has 0 saturated carbocycles. The SMILES string of the molecule is O=[N+]([O-])c1c(NC(c2ccccc2)c2ccccc2)ncnc1N1CCc2ccccc2C1. The van der Waals surface area contributed by atoms with Gasteiger partial charge in [0.15, 0.2) is 0 Å². The van der Waals surface area contributed by atoms with E-state index in [0.717, 1.165) is 23.1 Å². The zero-order valence-electron chi connectivity index (χ0n) is 18.0. The third-order valence-corrected chi connectivity index (χ3v) is 5.96. The Labute approximate surface area is 191 Å². The second-order valence-corrected chi connectivity index (χ2v) is 7.99. The van der Waals surface area contributed by atoms with E-state index < -0.39 is 0 Å². The second-order valence-electron chi connectivity index (χ2n) is 7.99. The molecule has 0 saturated heterocycles. The third kappa shape index (κ3) is 4.25. The molecule has 164 valence electrons. The van der Waals surface area contributed by atoms with Crippen molar-refractivity contribution in [2.24, 2.45) is 0 Å². The summed E-state index contributed by atoms with van der Waals surface area (Å²) in [6.07, 6.45) is 2.22. The lowest BCUT2D eigenvalue weighted by Crippen LogP contribution is -2.32. The van der Waals surface area contributed by atoms with Crippen LogP contribution in [0.2, 0.25) is 0 Å². The van der Waals surface area contributed by atoms with Gasteiger partial charge in [-0.3, -0.25) is 10.1 Å². The van der Waals surface area contributed by atoms with Gasteiger partial charge in [-0.15, -0.1) is 0 Å². The van der Waals surface area contributed by atoms with Crippen molar-refractivity contribution in [1.82, 2.24) is 9.97 Å². The average molecular weight is 438 g/mol. The summed E-state index contributed by atoms with van der Waals surface area (Å²) in [6.45, 7) is 1.24. The van der Waals surface area contributed by atoms with Crippen LogP contribution >= 0.6 is 0 Å². The summed E-state index contributed by atoms with van der Waals surface area (Å²) in [4.78, 5) is 22.5. The molecule has 1 aliphatic rings. The first kappa shape index (κ1) is 20.6. The number of hydrogen-bond donors (Lipinski definition) is 1. The fourth-order valence-corrected chi connectivity index (χ4v) is 4.34. The largest absolute Gasteiger partial charge is 0.353 e. The van der Waals surface area contributed by atoms with Gasteiger partial charge in [0.25, 0.3) is 0 Å². The maximum absolute atomic E-state index is 12.2. The van der Waals surface area contributed by atoms with Crippen LogP contribution in [0.5, 0.6) is 0 Å². The molecule has 0 amide bonds. The fraction of sp³-hybridized carbons (Fsp3) is 0.154. The molecule has 0 atom stereocenters. The van der Waals surface area contributed by atoms with Gasteiger partial charge in [0.1, 0.15) is 6.33 Å². The minimum absolute atomic E-state index is 0.103. The van der Waals surface area contributed by atoms with Gasteiger partial charge in [0, 0.05) is 13.1 Å². The Morgan fingerprint density at radius 2 is 1.45 bits per heavy atom. The van der Waals surface area contributed by atoms with Crippen molar-refractivity contribution >= 4 is 17.3 Å². The molecule has 0 unspecified atom stereocenters. The van der Waals surface area contributed by atoms with Crippen LogP contribution in [0.4, 0.5) is 17.3 Å².